The summed E-state index contributed by atoms with van der Waals surface area (Å²) in [6.45, 7) is 1.04. The molecule has 0 bridgehead atoms. The van der Waals surface area contributed by atoms with Gasteiger partial charge < -0.3 is 10.2 Å². The predicted molar refractivity (Wildman–Crippen MR) is 132 cm³/mol. The molecular formula is C26H27F2N3O4S. The van der Waals surface area contributed by atoms with Crippen LogP contribution >= 0.6 is 0 Å². The molecular weight excluding hydrogens is 488 g/mol. The molecule has 1 N–H and O–H groups in total. The molecule has 3 aromatic carbocycles. The lowest BCUT2D eigenvalue weighted by molar-refractivity contribution is -0.140. The Morgan fingerprint density at radius 3 is 1.97 bits per heavy atom. The number of amides is 2. The third kappa shape index (κ3) is 6.25. The van der Waals surface area contributed by atoms with Crippen LogP contribution in [-0.4, -0.2) is 44.8 Å². The Kier molecular flexibility index (Phi) is 8.76. The van der Waals surface area contributed by atoms with E-state index in [4.69, 9.17) is 0 Å². The summed E-state index contributed by atoms with van der Waals surface area (Å²) in [5.41, 5.74) is 0.648. The molecule has 0 heterocycles. The minimum absolute atomic E-state index is 0.0479. The largest absolute Gasteiger partial charge is 0.357 e. The van der Waals surface area contributed by atoms with Gasteiger partial charge in [0.2, 0.25) is 11.8 Å². The number of carbonyl (C=O) groups excluding carboxylic acids is 2. The van der Waals surface area contributed by atoms with E-state index in [-0.39, 0.29) is 23.5 Å². The van der Waals surface area contributed by atoms with E-state index in [0.29, 0.717) is 5.56 Å². The first-order chi connectivity index (χ1) is 17.2. The lowest BCUT2D eigenvalue weighted by Gasteiger charge is -2.33. The van der Waals surface area contributed by atoms with Gasteiger partial charge in [-0.2, -0.15) is 0 Å². The average Bonchev–Trinajstić information content (AvgIpc) is 2.89. The third-order valence-corrected chi connectivity index (χ3v) is 7.41. The van der Waals surface area contributed by atoms with Crippen molar-refractivity contribution >= 4 is 27.5 Å². The number of benzene rings is 3. The fraction of sp³-hybridized carbons (Fsp3) is 0.231. The zero-order valence-electron chi connectivity index (χ0n) is 19.9. The zero-order chi connectivity index (χ0) is 26.3. The van der Waals surface area contributed by atoms with Gasteiger partial charge in [-0.1, -0.05) is 37.3 Å². The summed E-state index contributed by atoms with van der Waals surface area (Å²) in [4.78, 5) is 27.5. The number of anilines is 1. The molecule has 0 radical (unpaired) electrons. The van der Waals surface area contributed by atoms with Gasteiger partial charge in [0, 0.05) is 13.6 Å². The molecule has 190 valence electrons. The maximum Gasteiger partial charge on any atom is 0.264 e. The van der Waals surface area contributed by atoms with Gasteiger partial charge in [0.25, 0.3) is 10.0 Å². The maximum atomic E-state index is 13.7. The highest BCUT2D eigenvalue weighted by atomic mass is 32.2. The molecule has 1 unspecified atom stereocenters. The second kappa shape index (κ2) is 11.8. The van der Waals surface area contributed by atoms with Crippen molar-refractivity contribution in [3.63, 3.8) is 0 Å². The molecule has 36 heavy (non-hydrogen) atoms. The second-order valence-corrected chi connectivity index (χ2v) is 9.85. The molecule has 3 rings (SSSR count). The Balaban J connectivity index is 2.03. The molecule has 2 amide bonds. The van der Waals surface area contributed by atoms with E-state index in [1.165, 1.54) is 60.5 Å². The summed E-state index contributed by atoms with van der Waals surface area (Å²) < 4.78 is 55.0. The van der Waals surface area contributed by atoms with E-state index in [1.807, 2.05) is 0 Å². The highest BCUT2D eigenvalue weighted by Gasteiger charge is 2.33. The summed E-state index contributed by atoms with van der Waals surface area (Å²) in [6.07, 6.45) is 0.259. The molecule has 0 aliphatic heterocycles. The lowest BCUT2D eigenvalue weighted by Crippen LogP contribution is -2.51. The van der Waals surface area contributed by atoms with Gasteiger partial charge in [-0.05, 0) is 60.5 Å². The van der Waals surface area contributed by atoms with Crippen LogP contribution in [0.1, 0.15) is 18.9 Å². The molecule has 0 fully saturated rings. The van der Waals surface area contributed by atoms with Gasteiger partial charge in [-0.15, -0.1) is 0 Å². The monoisotopic (exact) mass is 515 g/mol. The van der Waals surface area contributed by atoms with Gasteiger partial charge in [-0.25, -0.2) is 17.2 Å². The number of hydrogen-bond acceptors (Lipinski definition) is 4. The minimum atomic E-state index is -4.22. The quantitative estimate of drug-likeness (QED) is 0.446. The van der Waals surface area contributed by atoms with E-state index in [0.717, 1.165) is 16.4 Å². The van der Waals surface area contributed by atoms with Crippen molar-refractivity contribution < 1.29 is 26.8 Å². The number of hydrogen-bond donors (Lipinski definition) is 1. The standard InChI is InChI=1S/C26H27F2N3O4S/c1-3-24(26(33)29-2)30(17-19-9-11-20(27)12-10-19)25(32)18-31(22-15-13-21(28)14-16-22)36(34,35)23-7-5-4-6-8-23/h4-16,24H,3,17-18H2,1-2H3,(H,29,33). The molecule has 0 saturated carbocycles. The molecule has 10 heteroatoms. The number of carbonyl (C=O) groups is 2. The summed E-state index contributed by atoms with van der Waals surface area (Å²) >= 11 is 0. The van der Waals surface area contributed by atoms with Crippen molar-refractivity contribution in [3.05, 3.63) is 96.1 Å². The normalized spacial score (nSPS) is 12.0. The van der Waals surface area contributed by atoms with Crippen molar-refractivity contribution in [1.82, 2.24) is 10.2 Å². The Labute approximate surface area is 209 Å². The van der Waals surface area contributed by atoms with Crippen LogP contribution in [0.4, 0.5) is 14.5 Å². The molecule has 0 aliphatic rings. The van der Waals surface area contributed by atoms with Gasteiger partial charge in [0.05, 0.1) is 10.6 Å². The van der Waals surface area contributed by atoms with Crippen molar-refractivity contribution in [3.8, 4) is 0 Å². The topological polar surface area (TPSA) is 86.8 Å². The van der Waals surface area contributed by atoms with Gasteiger partial charge in [-0.3, -0.25) is 13.9 Å². The average molecular weight is 516 g/mol. The third-order valence-electron chi connectivity index (χ3n) is 5.62. The van der Waals surface area contributed by atoms with Gasteiger partial charge >= 0.3 is 0 Å². The second-order valence-electron chi connectivity index (χ2n) is 7.99. The highest BCUT2D eigenvalue weighted by Crippen LogP contribution is 2.25. The summed E-state index contributed by atoms with van der Waals surface area (Å²) in [6, 6.07) is 16.8. The summed E-state index contributed by atoms with van der Waals surface area (Å²) in [5.74, 6) is -2.09. The van der Waals surface area contributed by atoms with Crippen LogP contribution in [0.25, 0.3) is 0 Å². The Hall–Kier alpha value is -3.79. The smallest absolute Gasteiger partial charge is 0.264 e. The molecule has 0 spiro atoms. The van der Waals surface area contributed by atoms with Crippen LogP contribution in [0, 0.1) is 11.6 Å². The van der Waals surface area contributed by atoms with Crippen molar-refractivity contribution in [1.29, 1.82) is 0 Å². The Morgan fingerprint density at radius 1 is 0.889 bits per heavy atom. The number of nitrogens with one attached hydrogen (secondary N) is 1. The van der Waals surface area contributed by atoms with Crippen molar-refractivity contribution in [2.75, 3.05) is 17.9 Å². The van der Waals surface area contributed by atoms with Crippen LogP contribution in [-0.2, 0) is 26.2 Å². The van der Waals surface area contributed by atoms with Crippen molar-refractivity contribution in [2.45, 2.75) is 30.8 Å². The molecule has 0 aromatic heterocycles. The number of rotatable bonds is 10. The molecule has 3 aromatic rings. The summed E-state index contributed by atoms with van der Waals surface area (Å²) in [5, 5.41) is 2.53. The van der Waals surface area contributed by atoms with Crippen molar-refractivity contribution in [2.24, 2.45) is 0 Å². The van der Waals surface area contributed by atoms with Gasteiger partial charge in [0.1, 0.15) is 24.2 Å². The Bertz CT molecular complexity index is 1290. The zero-order valence-corrected chi connectivity index (χ0v) is 20.7. The minimum Gasteiger partial charge on any atom is -0.357 e. The molecule has 0 aliphatic carbocycles. The molecule has 7 nitrogen and oxygen atoms in total. The first-order valence-electron chi connectivity index (χ1n) is 11.3. The van der Waals surface area contributed by atoms with Crippen LogP contribution in [0.5, 0.6) is 0 Å². The van der Waals surface area contributed by atoms with E-state index in [9.17, 15) is 26.8 Å². The van der Waals surface area contributed by atoms with Crippen LogP contribution in [0.15, 0.2) is 83.8 Å². The van der Waals surface area contributed by atoms with E-state index < -0.39 is 46.1 Å². The van der Waals surface area contributed by atoms with E-state index in [2.05, 4.69) is 5.32 Å². The number of likely N-dealkylation sites (N-methyl/N-ethyl adjacent to an activating group) is 1. The van der Waals surface area contributed by atoms with Crippen LogP contribution in [0.2, 0.25) is 0 Å². The maximum absolute atomic E-state index is 13.7. The number of sulfonamides is 1. The fourth-order valence-corrected chi connectivity index (χ4v) is 5.16. The first kappa shape index (κ1) is 26.8. The van der Waals surface area contributed by atoms with Crippen LogP contribution < -0.4 is 9.62 Å². The molecule has 1 atom stereocenters. The number of halogens is 2. The van der Waals surface area contributed by atoms with Gasteiger partial charge in [0.15, 0.2) is 0 Å². The summed E-state index contributed by atoms with van der Waals surface area (Å²) in [7, 11) is -2.78. The SMILES string of the molecule is CCC(C(=O)NC)N(Cc1ccc(F)cc1)C(=O)CN(c1ccc(F)cc1)S(=O)(=O)c1ccccc1. The molecule has 0 saturated heterocycles. The lowest BCUT2D eigenvalue weighted by atomic mass is 10.1. The first-order valence-corrected chi connectivity index (χ1v) is 12.7. The fourth-order valence-electron chi connectivity index (χ4n) is 3.73. The Morgan fingerprint density at radius 2 is 1.44 bits per heavy atom. The van der Waals surface area contributed by atoms with Crippen LogP contribution in [0.3, 0.4) is 0 Å². The van der Waals surface area contributed by atoms with E-state index >= 15 is 0 Å². The number of nitrogens with zero attached hydrogens (tertiary/aromatic N) is 2. The highest BCUT2D eigenvalue weighted by molar-refractivity contribution is 7.92. The predicted octanol–water partition coefficient (Wildman–Crippen LogP) is 3.71. The van der Waals surface area contributed by atoms with E-state index in [1.54, 1.807) is 25.1 Å².